The molecule has 0 aliphatic heterocycles. The number of hydrogen-bond acceptors (Lipinski definition) is 7. The molecule has 39 heavy (non-hydrogen) atoms. The Balaban J connectivity index is 1.60. The van der Waals surface area contributed by atoms with Crippen LogP contribution in [0, 0.1) is 12.8 Å². The van der Waals surface area contributed by atoms with E-state index in [-0.39, 0.29) is 17.4 Å². The Morgan fingerprint density at radius 3 is 2.59 bits per heavy atom. The van der Waals surface area contributed by atoms with E-state index < -0.39 is 17.6 Å². The van der Waals surface area contributed by atoms with Crippen LogP contribution >= 0.6 is 0 Å². The van der Waals surface area contributed by atoms with E-state index in [1.807, 2.05) is 19.9 Å². The summed E-state index contributed by atoms with van der Waals surface area (Å²) in [5.74, 6) is 0.339. The van der Waals surface area contributed by atoms with Crippen molar-refractivity contribution in [2.75, 3.05) is 26.0 Å². The molecule has 3 aromatic heterocycles. The zero-order valence-electron chi connectivity index (χ0n) is 22.0. The fourth-order valence-electron chi connectivity index (χ4n) is 3.98. The van der Waals surface area contributed by atoms with Crippen LogP contribution in [-0.2, 0) is 11.0 Å². The van der Waals surface area contributed by atoms with Gasteiger partial charge in [-0.1, -0.05) is 13.8 Å². The summed E-state index contributed by atoms with van der Waals surface area (Å²) in [6.45, 7) is 6.24. The van der Waals surface area contributed by atoms with Crippen molar-refractivity contribution < 1.29 is 27.4 Å². The number of rotatable bonds is 9. The normalized spacial score (nSPS) is 11.7. The van der Waals surface area contributed by atoms with Gasteiger partial charge >= 0.3 is 6.18 Å². The van der Waals surface area contributed by atoms with Crippen LogP contribution in [0.25, 0.3) is 28.2 Å². The lowest BCUT2D eigenvalue weighted by Gasteiger charge is -2.13. The second kappa shape index (κ2) is 11.2. The Bertz CT molecular complexity index is 1500. The van der Waals surface area contributed by atoms with Gasteiger partial charge in [-0.2, -0.15) is 18.3 Å². The third kappa shape index (κ3) is 6.05. The first kappa shape index (κ1) is 27.7. The summed E-state index contributed by atoms with van der Waals surface area (Å²) in [4.78, 5) is 19.9. The van der Waals surface area contributed by atoms with Crippen LogP contribution in [0.4, 0.5) is 19.0 Å². The van der Waals surface area contributed by atoms with Crippen LogP contribution in [0.2, 0.25) is 0 Å². The van der Waals surface area contributed by atoms with E-state index in [4.69, 9.17) is 15.2 Å². The highest BCUT2D eigenvalue weighted by molar-refractivity contribution is 5.77. The highest BCUT2D eigenvalue weighted by Gasteiger charge is 2.34. The number of carbonyl (C=O) groups is 1. The first-order chi connectivity index (χ1) is 18.5. The third-order valence-corrected chi connectivity index (χ3v) is 6.01. The molecule has 206 valence electrons. The molecule has 0 saturated heterocycles. The number of carbonyl (C=O) groups excluding carboxylic acids is 1. The molecule has 4 rings (SSSR count). The van der Waals surface area contributed by atoms with E-state index in [0.29, 0.717) is 59.4 Å². The minimum absolute atomic E-state index is 0.00824. The number of hydrogen-bond donors (Lipinski definition) is 2. The van der Waals surface area contributed by atoms with Crippen LogP contribution in [-0.4, -0.2) is 45.8 Å². The number of amides is 1. The number of nitrogens with zero attached hydrogens (tertiary/aromatic N) is 4. The summed E-state index contributed by atoms with van der Waals surface area (Å²) in [5, 5.41) is 7.50. The highest BCUT2D eigenvalue weighted by atomic mass is 19.4. The summed E-state index contributed by atoms with van der Waals surface area (Å²) in [5.41, 5.74) is 7.23. The number of nitrogens with two attached hydrogens (primary N) is 1. The van der Waals surface area contributed by atoms with Gasteiger partial charge in [-0.25, -0.2) is 14.5 Å². The number of pyridine rings is 1. The smallest absolute Gasteiger partial charge is 0.419 e. The predicted octanol–water partition coefficient (Wildman–Crippen LogP) is 4.92. The van der Waals surface area contributed by atoms with Crippen molar-refractivity contribution >= 4 is 17.4 Å². The van der Waals surface area contributed by atoms with Crippen molar-refractivity contribution in [2.45, 2.75) is 33.4 Å². The first-order valence-electron chi connectivity index (χ1n) is 12.3. The molecule has 3 N–H and O–H groups in total. The van der Waals surface area contributed by atoms with Crippen LogP contribution in [0.3, 0.4) is 0 Å². The van der Waals surface area contributed by atoms with Crippen molar-refractivity contribution in [2.24, 2.45) is 5.92 Å². The lowest BCUT2D eigenvalue weighted by Crippen LogP contribution is -2.29. The Morgan fingerprint density at radius 1 is 1.13 bits per heavy atom. The summed E-state index contributed by atoms with van der Waals surface area (Å²) < 4.78 is 53.2. The number of anilines is 1. The van der Waals surface area contributed by atoms with Gasteiger partial charge in [-0.3, -0.25) is 4.79 Å². The lowest BCUT2D eigenvalue weighted by molar-refractivity contribution is -0.137. The molecule has 0 aliphatic rings. The molecule has 1 aromatic carbocycles. The maximum absolute atomic E-state index is 13.5. The van der Waals surface area contributed by atoms with Gasteiger partial charge in [0, 0.05) is 29.8 Å². The number of ether oxygens (including phenoxy) is 2. The summed E-state index contributed by atoms with van der Waals surface area (Å²) in [6, 6.07) is 9.78. The molecule has 0 saturated carbocycles. The van der Waals surface area contributed by atoms with E-state index in [9.17, 15) is 18.0 Å². The number of imidazole rings is 1. The number of methoxy groups -OCH3 is 1. The van der Waals surface area contributed by atoms with E-state index >= 15 is 0 Å². The SMILES string of the molecule is COc1cc(-c2ccc3nc(C)c(-c4cnc(N)c(C(F)(F)F)c4)n3n2)ccc1OCCCNC(=O)C(C)C. The number of benzene rings is 1. The van der Waals surface area contributed by atoms with E-state index in [2.05, 4.69) is 20.4 Å². The maximum Gasteiger partial charge on any atom is 0.419 e. The lowest BCUT2D eigenvalue weighted by atomic mass is 10.1. The second-order valence-electron chi connectivity index (χ2n) is 9.20. The molecule has 4 aromatic rings. The maximum atomic E-state index is 13.5. The van der Waals surface area contributed by atoms with Gasteiger partial charge < -0.3 is 20.5 Å². The number of alkyl halides is 3. The Labute approximate surface area is 223 Å². The first-order valence-corrected chi connectivity index (χ1v) is 12.3. The fourth-order valence-corrected chi connectivity index (χ4v) is 3.98. The van der Waals surface area contributed by atoms with Gasteiger partial charge in [-0.15, -0.1) is 0 Å². The molecule has 1 amide bonds. The second-order valence-corrected chi connectivity index (χ2v) is 9.20. The zero-order valence-corrected chi connectivity index (χ0v) is 22.0. The number of halogens is 3. The molecule has 0 radical (unpaired) electrons. The molecular formula is C27H29F3N6O3. The van der Waals surface area contributed by atoms with Crippen LogP contribution in [0.15, 0.2) is 42.6 Å². The average molecular weight is 543 g/mol. The predicted molar refractivity (Wildman–Crippen MR) is 140 cm³/mol. The van der Waals surface area contributed by atoms with Gasteiger partial charge in [0.05, 0.1) is 36.4 Å². The molecule has 0 bridgehead atoms. The number of fused-ring (bicyclic) bond motifs is 1. The van der Waals surface area contributed by atoms with E-state index in [1.54, 1.807) is 31.2 Å². The Kier molecular flexibility index (Phi) is 7.93. The number of aryl methyl sites for hydroxylation is 1. The van der Waals surface area contributed by atoms with Crippen molar-refractivity contribution in [1.82, 2.24) is 24.9 Å². The molecule has 3 heterocycles. The summed E-state index contributed by atoms with van der Waals surface area (Å²) in [7, 11) is 1.52. The molecule has 0 spiro atoms. The number of nitrogens with one attached hydrogen (secondary N) is 1. The van der Waals surface area contributed by atoms with Crippen LogP contribution in [0.5, 0.6) is 11.5 Å². The molecular weight excluding hydrogens is 513 g/mol. The van der Waals surface area contributed by atoms with E-state index in [0.717, 1.165) is 6.07 Å². The largest absolute Gasteiger partial charge is 0.493 e. The molecule has 12 heteroatoms. The van der Waals surface area contributed by atoms with Crippen molar-refractivity contribution in [1.29, 1.82) is 0 Å². The Hall–Kier alpha value is -4.35. The zero-order chi connectivity index (χ0) is 28.3. The van der Waals surface area contributed by atoms with Crippen LogP contribution < -0.4 is 20.5 Å². The highest BCUT2D eigenvalue weighted by Crippen LogP contribution is 2.36. The topological polar surface area (TPSA) is 117 Å². The van der Waals surface area contributed by atoms with Gasteiger partial charge in [0.1, 0.15) is 5.82 Å². The van der Waals surface area contributed by atoms with Crippen molar-refractivity contribution in [3.63, 3.8) is 0 Å². The molecule has 0 unspecified atom stereocenters. The summed E-state index contributed by atoms with van der Waals surface area (Å²) in [6.07, 6.45) is -2.75. The standard InChI is InChI=1S/C27H29F3N6O3/c1-15(2)26(37)32-10-5-11-39-21-8-6-17(13-22(21)38-4)20-7-9-23-34-16(3)24(36(23)35-20)18-12-19(27(28,29)30)25(31)33-14-18/h6-9,12-15H,5,10-11H2,1-4H3,(H2,31,33)(H,32,37). The van der Waals surface area contributed by atoms with E-state index in [1.165, 1.54) is 17.8 Å². The quantitative estimate of drug-likeness (QED) is 0.289. The molecule has 0 aliphatic carbocycles. The van der Waals surface area contributed by atoms with Crippen molar-refractivity contribution in [3.05, 3.63) is 53.9 Å². The van der Waals surface area contributed by atoms with Crippen LogP contribution in [0.1, 0.15) is 31.5 Å². The van der Waals surface area contributed by atoms with Gasteiger partial charge in [-0.05, 0) is 49.7 Å². The Morgan fingerprint density at radius 2 is 1.90 bits per heavy atom. The van der Waals surface area contributed by atoms with Crippen molar-refractivity contribution in [3.8, 4) is 34.0 Å². The minimum Gasteiger partial charge on any atom is -0.493 e. The van der Waals surface area contributed by atoms with Gasteiger partial charge in [0.2, 0.25) is 5.91 Å². The minimum atomic E-state index is -4.65. The van der Waals surface area contributed by atoms with Gasteiger partial charge in [0.25, 0.3) is 0 Å². The fraction of sp³-hybridized carbons (Fsp3) is 0.333. The molecule has 9 nitrogen and oxygen atoms in total. The average Bonchev–Trinajstić information content (AvgIpc) is 3.22. The monoisotopic (exact) mass is 542 g/mol. The van der Waals surface area contributed by atoms with Gasteiger partial charge in [0.15, 0.2) is 17.1 Å². The molecule has 0 fully saturated rings. The number of nitrogen functional groups attached to an aromatic ring is 1. The third-order valence-electron chi connectivity index (χ3n) is 6.01. The molecule has 0 atom stereocenters. The summed E-state index contributed by atoms with van der Waals surface area (Å²) >= 11 is 0. The number of aromatic nitrogens is 4.